The molecule has 0 radical (unpaired) electrons. The number of Topliss-reactive ketones (excluding diaryl/α,β-unsaturated/α-hetero) is 1. The molecule has 0 bridgehead atoms. The second-order valence-electron chi connectivity index (χ2n) is 4.96. The van der Waals surface area contributed by atoms with Gasteiger partial charge < -0.3 is 9.80 Å². The summed E-state index contributed by atoms with van der Waals surface area (Å²) in [4.78, 5) is 27.6. The van der Waals surface area contributed by atoms with E-state index in [-0.39, 0.29) is 5.78 Å². The van der Waals surface area contributed by atoms with Gasteiger partial charge in [-0.2, -0.15) is 0 Å². The smallest absolute Gasteiger partial charge is 0.299 e. The van der Waals surface area contributed by atoms with Crippen LogP contribution in [-0.2, 0) is 4.79 Å². The molecule has 0 spiro atoms. The number of unbranched alkanes of at least 4 members (excludes halogenated alkanes) is 1. The number of benzene rings is 1. The zero-order chi connectivity index (χ0) is 13.8. The average Bonchev–Trinajstić information content (AvgIpc) is 2.67. The Morgan fingerprint density at radius 3 is 2.63 bits per heavy atom. The van der Waals surface area contributed by atoms with Gasteiger partial charge in [-0.1, -0.05) is 25.5 Å². The van der Waals surface area contributed by atoms with Crippen molar-refractivity contribution in [1.82, 2.24) is 4.90 Å². The van der Waals surface area contributed by atoms with E-state index in [0.717, 1.165) is 31.6 Å². The fourth-order valence-electron chi connectivity index (χ4n) is 2.28. The molecule has 0 saturated carbocycles. The van der Waals surface area contributed by atoms with Gasteiger partial charge in [0.25, 0.3) is 11.7 Å². The molecule has 0 atom stereocenters. The van der Waals surface area contributed by atoms with E-state index in [4.69, 9.17) is 0 Å². The predicted molar refractivity (Wildman–Crippen MR) is 75.5 cm³/mol. The second kappa shape index (κ2) is 5.97. The number of fused-ring (bicyclic) bond motifs is 1. The molecule has 0 aromatic heterocycles. The van der Waals surface area contributed by atoms with Gasteiger partial charge in [-0.15, -0.1) is 0 Å². The molecule has 4 nitrogen and oxygen atoms in total. The molecule has 4 heteroatoms. The van der Waals surface area contributed by atoms with Crippen molar-refractivity contribution in [3.05, 3.63) is 29.8 Å². The summed E-state index contributed by atoms with van der Waals surface area (Å²) >= 11 is 0. The largest absolute Gasteiger partial charge is 0.305 e. The van der Waals surface area contributed by atoms with Gasteiger partial charge in [0, 0.05) is 13.1 Å². The molecular formula is C15H20N2O2. The molecule has 2 rings (SSSR count). The molecule has 1 aromatic carbocycles. The van der Waals surface area contributed by atoms with E-state index in [9.17, 15) is 9.59 Å². The second-order valence-corrected chi connectivity index (χ2v) is 4.96. The Labute approximate surface area is 114 Å². The topological polar surface area (TPSA) is 40.6 Å². The Morgan fingerprint density at radius 1 is 1.16 bits per heavy atom. The van der Waals surface area contributed by atoms with E-state index < -0.39 is 5.91 Å². The van der Waals surface area contributed by atoms with Crippen molar-refractivity contribution >= 4 is 17.4 Å². The summed E-state index contributed by atoms with van der Waals surface area (Å²) in [6.07, 6.45) is 2.31. The lowest BCUT2D eigenvalue weighted by molar-refractivity contribution is -0.114. The minimum atomic E-state index is -0.398. The van der Waals surface area contributed by atoms with Crippen LogP contribution >= 0.6 is 0 Å². The van der Waals surface area contributed by atoms with Crippen LogP contribution in [0.1, 0.15) is 30.1 Å². The summed E-state index contributed by atoms with van der Waals surface area (Å²) in [6.45, 7) is 4.54. The van der Waals surface area contributed by atoms with Gasteiger partial charge in [-0.25, -0.2) is 0 Å². The fourth-order valence-corrected chi connectivity index (χ4v) is 2.28. The highest BCUT2D eigenvalue weighted by Gasteiger charge is 2.34. The van der Waals surface area contributed by atoms with Crippen LogP contribution < -0.4 is 4.90 Å². The molecule has 102 valence electrons. The maximum absolute atomic E-state index is 11.9. The van der Waals surface area contributed by atoms with Crippen LogP contribution in [-0.4, -0.2) is 43.3 Å². The maximum atomic E-state index is 11.9. The van der Waals surface area contributed by atoms with Crippen molar-refractivity contribution in [1.29, 1.82) is 0 Å². The molecule has 19 heavy (non-hydrogen) atoms. The third-order valence-electron chi connectivity index (χ3n) is 3.48. The van der Waals surface area contributed by atoms with Crippen LogP contribution in [0, 0.1) is 0 Å². The quantitative estimate of drug-likeness (QED) is 0.734. The molecule has 1 aromatic rings. The van der Waals surface area contributed by atoms with Gasteiger partial charge >= 0.3 is 0 Å². The highest BCUT2D eigenvalue weighted by molar-refractivity contribution is 6.52. The van der Waals surface area contributed by atoms with Crippen molar-refractivity contribution in [2.45, 2.75) is 19.8 Å². The van der Waals surface area contributed by atoms with Gasteiger partial charge in [0.15, 0.2) is 0 Å². The standard InChI is InChI=1S/C15H20N2O2/c1-3-4-9-16(2)10-11-17-13-8-6-5-7-12(13)14(18)15(17)19/h5-8H,3-4,9-11H2,1-2H3. The van der Waals surface area contributed by atoms with Gasteiger partial charge in [0.05, 0.1) is 11.3 Å². The van der Waals surface area contributed by atoms with E-state index in [0.29, 0.717) is 12.1 Å². The number of hydrogen-bond donors (Lipinski definition) is 0. The number of carbonyl (C=O) groups is 2. The first kappa shape index (κ1) is 13.7. The third-order valence-corrected chi connectivity index (χ3v) is 3.48. The minimum Gasteiger partial charge on any atom is -0.305 e. The summed E-state index contributed by atoms with van der Waals surface area (Å²) in [5.74, 6) is -0.781. The van der Waals surface area contributed by atoms with Crippen molar-refractivity contribution in [2.75, 3.05) is 31.6 Å². The first-order valence-corrected chi connectivity index (χ1v) is 6.79. The normalized spacial score (nSPS) is 14.4. The molecule has 0 saturated heterocycles. The minimum absolute atomic E-state index is 0.383. The van der Waals surface area contributed by atoms with Gasteiger partial charge in [-0.3, -0.25) is 9.59 Å². The van der Waals surface area contributed by atoms with Crippen molar-refractivity contribution in [3.8, 4) is 0 Å². The number of hydrogen-bond acceptors (Lipinski definition) is 3. The lowest BCUT2D eigenvalue weighted by atomic mass is 10.1. The summed E-state index contributed by atoms with van der Waals surface area (Å²) in [5, 5.41) is 0. The van der Waals surface area contributed by atoms with Crippen LogP contribution in [0.15, 0.2) is 24.3 Å². The summed E-state index contributed by atoms with van der Waals surface area (Å²) < 4.78 is 0. The average molecular weight is 260 g/mol. The van der Waals surface area contributed by atoms with Crippen LogP contribution in [0.3, 0.4) is 0 Å². The zero-order valence-electron chi connectivity index (χ0n) is 11.6. The third kappa shape index (κ3) is 2.84. The van der Waals surface area contributed by atoms with E-state index >= 15 is 0 Å². The van der Waals surface area contributed by atoms with E-state index in [1.807, 2.05) is 19.2 Å². The Bertz CT molecular complexity index is 485. The first-order valence-electron chi connectivity index (χ1n) is 6.79. The number of nitrogens with zero attached hydrogens (tertiary/aromatic N) is 2. The number of amides is 1. The summed E-state index contributed by atoms with van der Waals surface area (Å²) in [5.41, 5.74) is 1.28. The Morgan fingerprint density at radius 2 is 1.89 bits per heavy atom. The van der Waals surface area contributed by atoms with Gasteiger partial charge in [0.2, 0.25) is 0 Å². The Hall–Kier alpha value is -1.68. The zero-order valence-corrected chi connectivity index (χ0v) is 11.6. The highest BCUT2D eigenvalue weighted by atomic mass is 16.2. The summed E-state index contributed by atoms with van der Waals surface area (Å²) in [6, 6.07) is 7.21. The highest BCUT2D eigenvalue weighted by Crippen LogP contribution is 2.27. The van der Waals surface area contributed by atoms with Crippen LogP contribution in [0.5, 0.6) is 0 Å². The number of ketones is 1. The van der Waals surface area contributed by atoms with Crippen molar-refractivity contribution in [2.24, 2.45) is 0 Å². The monoisotopic (exact) mass is 260 g/mol. The number of para-hydroxylation sites is 1. The number of anilines is 1. The van der Waals surface area contributed by atoms with E-state index in [2.05, 4.69) is 11.8 Å². The Kier molecular flexibility index (Phi) is 4.32. The Balaban J connectivity index is 2.01. The van der Waals surface area contributed by atoms with Crippen LogP contribution in [0.2, 0.25) is 0 Å². The summed E-state index contributed by atoms with van der Waals surface area (Å²) in [7, 11) is 2.05. The molecular weight excluding hydrogens is 240 g/mol. The molecule has 0 aliphatic carbocycles. The van der Waals surface area contributed by atoms with Gasteiger partial charge in [-0.05, 0) is 32.1 Å². The van der Waals surface area contributed by atoms with E-state index in [1.165, 1.54) is 0 Å². The SMILES string of the molecule is CCCCN(C)CCN1C(=O)C(=O)c2ccccc21. The molecule has 0 N–H and O–H groups in total. The lowest BCUT2D eigenvalue weighted by Crippen LogP contribution is -2.37. The number of rotatable bonds is 6. The predicted octanol–water partition coefficient (Wildman–Crippen LogP) is 1.95. The molecule has 0 unspecified atom stereocenters. The maximum Gasteiger partial charge on any atom is 0.299 e. The van der Waals surface area contributed by atoms with Crippen molar-refractivity contribution in [3.63, 3.8) is 0 Å². The first-order chi connectivity index (χ1) is 9.15. The number of likely N-dealkylation sites (N-methyl/N-ethyl adjacent to an activating group) is 1. The van der Waals surface area contributed by atoms with E-state index in [1.54, 1.807) is 17.0 Å². The van der Waals surface area contributed by atoms with Crippen molar-refractivity contribution < 1.29 is 9.59 Å². The fraction of sp³-hybridized carbons (Fsp3) is 0.467. The lowest BCUT2D eigenvalue weighted by Gasteiger charge is -2.21. The van der Waals surface area contributed by atoms with Crippen LogP contribution in [0.4, 0.5) is 5.69 Å². The molecule has 1 aliphatic heterocycles. The molecule has 1 aliphatic rings. The molecule has 1 heterocycles. The molecule has 0 fully saturated rings. The number of carbonyl (C=O) groups excluding carboxylic acids is 2. The van der Waals surface area contributed by atoms with Crippen LogP contribution in [0.25, 0.3) is 0 Å². The van der Waals surface area contributed by atoms with Gasteiger partial charge in [0.1, 0.15) is 0 Å². The molecule has 1 amide bonds.